The summed E-state index contributed by atoms with van der Waals surface area (Å²) in [7, 11) is 0. The molecular weight excluding hydrogens is 131 g/mol. The first-order valence-electron chi connectivity index (χ1n) is 0.814. The number of hydrogen-bond donors (Lipinski definition) is 2. The summed E-state index contributed by atoms with van der Waals surface area (Å²) in [6.45, 7) is 0. The van der Waals surface area contributed by atoms with E-state index in [0.717, 1.165) is 0 Å². The zero-order chi connectivity index (χ0) is 4.28. The number of hydrogen-bond acceptors (Lipinski definition) is 3. The van der Waals surface area contributed by atoms with Crippen LogP contribution in [-0.4, -0.2) is 57.0 Å². The number of rotatable bonds is 0. The molecule has 0 fully saturated rings. The fourth-order valence-corrected chi connectivity index (χ4v) is 0. The molecule has 0 bridgehead atoms. The van der Waals surface area contributed by atoms with Gasteiger partial charge in [0.05, 0.1) is 0 Å². The molecule has 0 saturated carbocycles. The Morgan fingerprint density at radius 1 is 1.38 bits per heavy atom. The van der Waals surface area contributed by atoms with Crippen LogP contribution in [0, 0.1) is 0 Å². The van der Waals surface area contributed by atoms with Gasteiger partial charge in [-0.15, -0.1) is 0 Å². The first-order valence-corrected chi connectivity index (χ1v) is 0.814. The Kier molecular flexibility index (Phi) is 47.5. The molecule has 0 aliphatic carbocycles. The van der Waals surface area contributed by atoms with Crippen molar-refractivity contribution in [1.29, 1.82) is 0 Å². The van der Waals surface area contributed by atoms with E-state index >= 15 is 0 Å². The van der Waals surface area contributed by atoms with Gasteiger partial charge in [-0.25, -0.2) is 4.79 Å². The molecule has 0 radical (unpaired) electrons. The van der Waals surface area contributed by atoms with Gasteiger partial charge in [0.25, 0.3) is 0 Å². The molecule has 48 valence electrons. The average Bonchev–Trinajstić information content (AvgIpc) is 1.38. The van der Waals surface area contributed by atoms with Crippen LogP contribution in [0.15, 0.2) is 0 Å². The Hall–Kier alpha value is 0.150. The second kappa shape index (κ2) is 15.7. The molecule has 0 aliphatic heterocycles. The summed E-state index contributed by atoms with van der Waals surface area (Å²) in [6.07, 6.45) is -1.69. The van der Waals surface area contributed by atoms with Gasteiger partial charge in [0.1, 0.15) is 0 Å². The van der Waals surface area contributed by atoms with Gasteiger partial charge in [-0.05, 0) is 0 Å². The van der Waals surface area contributed by atoms with E-state index in [1.807, 2.05) is 0 Å². The van der Waals surface area contributed by atoms with Gasteiger partial charge in [-0.3, -0.25) is 4.89 Å². The van der Waals surface area contributed by atoms with Crippen molar-refractivity contribution in [3.63, 3.8) is 0 Å². The monoisotopic (exact) mass is 138 g/mol. The molecule has 0 aromatic carbocycles. The molecule has 6 N–H and O–H groups in total. The van der Waals surface area contributed by atoms with Crippen molar-refractivity contribution >= 4 is 35.7 Å². The van der Waals surface area contributed by atoms with Gasteiger partial charge in [-0.1, -0.05) is 0 Å². The molecule has 0 aromatic rings. The van der Waals surface area contributed by atoms with Gasteiger partial charge in [-0.2, -0.15) is 5.26 Å². The van der Waals surface area contributed by atoms with Crippen LogP contribution in [0.4, 0.5) is 4.79 Å². The van der Waals surface area contributed by atoms with Crippen molar-refractivity contribution in [3.8, 4) is 0 Å². The van der Waals surface area contributed by atoms with E-state index in [9.17, 15) is 0 Å². The summed E-state index contributed by atoms with van der Waals surface area (Å²) < 4.78 is 0. The maximum absolute atomic E-state index is 8.90. The Morgan fingerprint density at radius 3 is 1.50 bits per heavy atom. The Bertz CT molecular complexity index is 43.8. The van der Waals surface area contributed by atoms with Crippen molar-refractivity contribution in [2.45, 2.75) is 0 Å². The van der Waals surface area contributed by atoms with Gasteiger partial charge in [0.2, 0.25) is 0 Å². The Labute approximate surface area is 66.9 Å². The molecule has 0 atom stereocenters. The van der Waals surface area contributed by atoms with Crippen LogP contribution in [0.25, 0.3) is 0 Å². The normalized spacial score (nSPS) is 4.12. The maximum atomic E-state index is 8.90. The Morgan fingerprint density at radius 2 is 1.50 bits per heavy atom. The predicted molar refractivity (Wildman–Crippen MR) is 26.1 cm³/mol. The predicted octanol–water partition coefficient (Wildman–Crippen LogP) is -2.14. The molecule has 0 spiro atoms. The molecule has 0 aromatic heterocycles. The van der Waals surface area contributed by atoms with Gasteiger partial charge in [0.15, 0.2) is 0 Å². The summed E-state index contributed by atoms with van der Waals surface area (Å²) >= 11 is 0. The van der Waals surface area contributed by atoms with Gasteiger partial charge in [0, 0.05) is 0 Å². The quantitative estimate of drug-likeness (QED) is 0.224. The third-order valence-electron chi connectivity index (χ3n) is 0.0781. The molecule has 6 nitrogen and oxygen atoms in total. The summed E-state index contributed by atoms with van der Waals surface area (Å²) in [6, 6.07) is 0. The fraction of sp³-hybridized carbons (Fsp3) is 0. The van der Waals surface area contributed by atoms with E-state index in [1.54, 1.807) is 0 Å². The van der Waals surface area contributed by atoms with Gasteiger partial charge < -0.3 is 16.1 Å². The molecule has 0 rings (SSSR count). The van der Waals surface area contributed by atoms with Crippen molar-refractivity contribution in [2.24, 2.45) is 0 Å². The van der Waals surface area contributed by atoms with Crippen LogP contribution in [-0.2, 0) is 4.89 Å². The van der Waals surface area contributed by atoms with Crippen LogP contribution < -0.4 is 0 Å². The molecule has 0 heterocycles. The van der Waals surface area contributed by atoms with Gasteiger partial charge >= 0.3 is 35.7 Å². The number of carbonyl (C=O) groups is 1. The van der Waals surface area contributed by atoms with Crippen molar-refractivity contribution < 1.29 is 31.0 Å². The van der Waals surface area contributed by atoms with Crippen LogP contribution in [0.5, 0.6) is 0 Å². The summed E-state index contributed by atoms with van der Waals surface area (Å²) in [5, 5.41) is 14.3. The van der Waals surface area contributed by atoms with Crippen molar-refractivity contribution in [2.75, 3.05) is 0 Å². The number of carboxylic acid groups (broad SMARTS) is 1. The first kappa shape index (κ1) is 24.2. The first-order chi connectivity index (χ1) is 2.27. The van der Waals surface area contributed by atoms with E-state index < -0.39 is 6.16 Å². The summed E-state index contributed by atoms with van der Waals surface area (Å²) in [5.74, 6) is 0. The summed E-state index contributed by atoms with van der Waals surface area (Å²) in [5.41, 5.74) is 0. The molecule has 0 aliphatic rings. The van der Waals surface area contributed by atoms with Crippen LogP contribution in [0.1, 0.15) is 0 Å². The summed E-state index contributed by atoms with van der Waals surface area (Å²) in [4.78, 5) is 11.6. The molecule has 0 amide bonds. The van der Waals surface area contributed by atoms with Crippen LogP contribution >= 0.6 is 0 Å². The Balaban J connectivity index is -0.0000000267. The minimum atomic E-state index is -1.69. The molecular formula is CH7NaO6. The minimum absolute atomic E-state index is 0. The van der Waals surface area contributed by atoms with Crippen molar-refractivity contribution in [1.82, 2.24) is 0 Å². The zero-order valence-electron chi connectivity index (χ0n) is 3.21. The third kappa shape index (κ3) is 35.3. The topological polar surface area (TPSA) is 130 Å². The zero-order valence-corrected chi connectivity index (χ0v) is 3.21. The van der Waals surface area contributed by atoms with Crippen LogP contribution in [0.3, 0.4) is 0 Å². The van der Waals surface area contributed by atoms with E-state index in [4.69, 9.17) is 15.2 Å². The molecule has 0 saturated heterocycles. The third-order valence-corrected chi connectivity index (χ3v) is 0.0781. The van der Waals surface area contributed by atoms with Crippen LogP contribution in [0.2, 0.25) is 0 Å². The van der Waals surface area contributed by atoms with E-state index in [0.29, 0.717) is 0 Å². The van der Waals surface area contributed by atoms with E-state index in [-0.39, 0.29) is 40.5 Å². The fourth-order valence-electron chi connectivity index (χ4n) is 0. The second-order valence-electron chi connectivity index (χ2n) is 0.357. The van der Waals surface area contributed by atoms with E-state index in [1.165, 1.54) is 0 Å². The average molecular weight is 138 g/mol. The van der Waals surface area contributed by atoms with E-state index in [2.05, 4.69) is 4.89 Å². The molecule has 0 unspecified atom stereocenters. The second-order valence-corrected chi connectivity index (χ2v) is 0.357. The van der Waals surface area contributed by atoms with Crippen molar-refractivity contribution in [3.05, 3.63) is 0 Å². The SMILES string of the molecule is O.O.O=C(O)OO.[NaH]. The molecule has 8 heavy (non-hydrogen) atoms. The molecule has 7 heteroatoms. The standard InChI is InChI=1S/CH2O4.Na.2H2O.H/c2-1(3)5-4;;;;/h4H,(H,2,3);;2*1H2;.